The fraction of sp³-hybridized carbons (Fsp3) is 0.818. The minimum atomic E-state index is 0.611. The van der Waals surface area contributed by atoms with Crippen molar-refractivity contribution in [2.24, 2.45) is 22.1 Å². The maximum atomic E-state index is 4.88. The summed E-state index contributed by atoms with van der Waals surface area (Å²) in [5.74, 6) is 1.22. The van der Waals surface area contributed by atoms with E-state index >= 15 is 0 Å². The first kappa shape index (κ1) is 10.5. The van der Waals surface area contributed by atoms with Crippen molar-refractivity contribution in [1.29, 1.82) is 0 Å². The first-order valence-electron chi connectivity index (χ1n) is 5.55. The topological polar surface area (TPSA) is 43.2 Å². The lowest BCUT2D eigenvalue weighted by molar-refractivity contribution is 0.200. The predicted molar refractivity (Wildman–Crippen MR) is 59.0 cm³/mol. The fourth-order valence-electron chi connectivity index (χ4n) is 2.71. The molecule has 2 bridgehead atoms. The van der Waals surface area contributed by atoms with Crippen molar-refractivity contribution < 1.29 is 9.68 Å². The Morgan fingerprint density at radius 3 is 1.80 bits per heavy atom. The zero-order valence-electron chi connectivity index (χ0n) is 9.40. The number of nitrogens with zero attached hydrogens (tertiary/aromatic N) is 2. The van der Waals surface area contributed by atoms with Gasteiger partial charge in [-0.1, -0.05) is 10.3 Å². The lowest BCUT2D eigenvalue weighted by atomic mass is 9.70. The summed E-state index contributed by atoms with van der Waals surface area (Å²) in [5.41, 5.74) is 2.48. The lowest BCUT2D eigenvalue weighted by Gasteiger charge is -2.35. The standard InChI is InChI=1S/C11H18N2O2/c1-14-12-10-5-3-9-7-8(10)4-6-11(9)13-15-2/h8-9H,3-7H2,1-2H3/b12-10+,13-11+. The molecule has 0 N–H and O–H groups in total. The Hall–Kier alpha value is -1.06. The molecule has 2 unspecified atom stereocenters. The Morgan fingerprint density at radius 1 is 0.933 bits per heavy atom. The van der Waals surface area contributed by atoms with Crippen LogP contribution < -0.4 is 0 Å². The highest BCUT2D eigenvalue weighted by molar-refractivity contribution is 5.94. The van der Waals surface area contributed by atoms with Gasteiger partial charge in [0.1, 0.15) is 14.2 Å². The van der Waals surface area contributed by atoms with E-state index in [2.05, 4.69) is 10.3 Å². The molecule has 2 atom stereocenters. The monoisotopic (exact) mass is 210 g/mol. The van der Waals surface area contributed by atoms with Crippen LogP contribution in [0.4, 0.5) is 0 Å². The van der Waals surface area contributed by atoms with Crippen LogP contribution in [0.1, 0.15) is 32.1 Å². The van der Waals surface area contributed by atoms with E-state index in [4.69, 9.17) is 9.68 Å². The molecule has 2 aliphatic carbocycles. The molecule has 0 aromatic rings. The molecule has 4 heteroatoms. The molecule has 0 heterocycles. The molecular formula is C11H18N2O2. The average Bonchev–Trinajstić information content (AvgIpc) is 2.26. The molecule has 84 valence electrons. The third kappa shape index (κ3) is 2.13. The van der Waals surface area contributed by atoms with E-state index in [1.54, 1.807) is 14.2 Å². The normalized spacial score (nSPS) is 35.6. The highest BCUT2D eigenvalue weighted by Gasteiger charge is 2.35. The molecule has 2 saturated carbocycles. The Kier molecular flexibility index (Phi) is 3.23. The van der Waals surface area contributed by atoms with Gasteiger partial charge in [-0.05, 0) is 32.1 Å². The molecule has 0 aromatic carbocycles. The highest BCUT2D eigenvalue weighted by Crippen LogP contribution is 2.37. The van der Waals surface area contributed by atoms with Crippen molar-refractivity contribution in [3.8, 4) is 0 Å². The smallest absolute Gasteiger partial charge is 0.106 e. The third-order valence-electron chi connectivity index (χ3n) is 3.43. The maximum absolute atomic E-state index is 4.88. The summed E-state index contributed by atoms with van der Waals surface area (Å²) in [6.45, 7) is 0. The summed E-state index contributed by atoms with van der Waals surface area (Å²) in [5, 5.41) is 8.24. The Morgan fingerprint density at radius 2 is 1.40 bits per heavy atom. The van der Waals surface area contributed by atoms with Crippen LogP contribution in [0.3, 0.4) is 0 Å². The first-order valence-corrected chi connectivity index (χ1v) is 5.55. The molecule has 0 aromatic heterocycles. The van der Waals surface area contributed by atoms with Gasteiger partial charge in [-0.3, -0.25) is 0 Å². The van der Waals surface area contributed by atoms with E-state index in [1.807, 2.05) is 0 Å². The number of fused-ring (bicyclic) bond motifs is 2. The minimum absolute atomic E-state index is 0.611. The van der Waals surface area contributed by atoms with E-state index in [0.717, 1.165) is 25.7 Å². The van der Waals surface area contributed by atoms with E-state index < -0.39 is 0 Å². The fourth-order valence-corrected chi connectivity index (χ4v) is 2.71. The molecule has 4 nitrogen and oxygen atoms in total. The van der Waals surface area contributed by atoms with Crippen LogP contribution in [-0.2, 0) is 9.68 Å². The Labute approximate surface area is 90.3 Å². The van der Waals surface area contributed by atoms with Crippen molar-refractivity contribution in [3.05, 3.63) is 0 Å². The molecule has 2 fully saturated rings. The van der Waals surface area contributed by atoms with E-state index in [9.17, 15) is 0 Å². The highest BCUT2D eigenvalue weighted by atomic mass is 16.6. The largest absolute Gasteiger partial charge is 0.399 e. The van der Waals surface area contributed by atoms with Gasteiger partial charge in [-0.2, -0.15) is 0 Å². The van der Waals surface area contributed by atoms with Crippen LogP contribution in [0, 0.1) is 11.8 Å². The summed E-state index contributed by atoms with van der Waals surface area (Å²) in [6.07, 6.45) is 5.55. The van der Waals surface area contributed by atoms with Crippen LogP contribution in [0.2, 0.25) is 0 Å². The van der Waals surface area contributed by atoms with Gasteiger partial charge in [0.2, 0.25) is 0 Å². The number of rotatable bonds is 2. The molecule has 2 aliphatic rings. The summed E-state index contributed by atoms with van der Waals surface area (Å²) in [7, 11) is 3.25. The van der Waals surface area contributed by atoms with Gasteiger partial charge >= 0.3 is 0 Å². The second kappa shape index (κ2) is 4.64. The van der Waals surface area contributed by atoms with E-state index in [0.29, 0.717) is 11.8 Å². The van der Waals surface area contributed by atoms with Crippen molar-refractivity contribution in [1.82, 2.24) is 0 Å². The van der Waals surface area contributed by atoms with Crippen LogP contribution in [0.25, 0.3) is 0 Å². The number of hydrogen-bond donors (Lipinski definition) is 0. The van der Waals surface area contributed by atoms with Crippen molar-refractivity contribution in [3.63, 3.8) is 0 Å². The average molecular weight is 210 g/mol. The van der Waals surface area contributed by atoms with E-state index in [-0.39, 0.29) is 0 Å². The molecule has 0 saturated heterocycles. The number of hydrogen-bond acceptors (Lipinski definition) is 4. The Balaban J connectivity index is 2.06. The van der Waals surface area contributed by atoms with Gasteiger partial charge < -0.3 is 9.68 Å². The summed E-state index contributed by atoms with van der Waals surface area (Å²) < 4.78 is 0. The predicted octanol–water partition coefficient (Wildman–Crippen LogP) is 2.20. The van der Waals surface area contributed by atoms with Crippen LogP contribution in [0.5, 0.6) is 0 Å². The van der Waals surface area contributed by atoms with E-state index in [1.165, 1.54) is 17.8 Å². The molecular weight excluding hydrogens is 192 g/mol. The Bertz CT molecular complexity index is 258. The third-order valence-corrected chi connectivity index (χ3v) is 3.43. The molecule has 0 spiro atoms. The van der Waals surface area contributed by atoms with Crippen LogP contribution >= 0.6 is 0 Å². The van der Waals surface area contributed by atoms with Crippen molar-refractivity contribution in [2.75, 3.05) is 14.2 Å². The minimum Gasteiger partial charge on any atom is -0.399 e. The molecule has 0 aliphatic heterocycles. The summed E-state index contributed by atoms with van der Waals surface area (Å²) in [6, 6.07) is 0. The second-order valence-corrected chi connectivity index (χ2v) is 4.24. The first-order chi connectivity index (χ1) is 7.35. The van der Waals surface area contributed by atoms with Crippen LogP contribution in [-0.4, -0.2) is 25.6 Å². The second-order valence-electron chi connectivity index (χ2n) is 4.24. The molecule has 0 radical (unpaired) electrons. The van der Waals surface area contributed by atoms with Gasteiger partial charge in [0.05, 0.1) is 11.4 Å². The molecule has 15 heavy (non-hydrogen) atoms. The van der Waals surface area contributed by atoms with Crippen LogP contribution in [0.15, 0.2) is 10.3 Å². The van der Waals surface area contributed by atoms with Gasteiger partial charge in [0.15, 0.2) is 0 Å². The van der Waals surface area contributed by atoms with Gasteiger partial charge in [-0.15, -0.1) is 0 Å². The summed E-state index contributed by atoms with van der Waals surface area (Å²) in [4.78, 5) is 9.76. The molecule has 2 rings (SSSR count). The summed E-state index contributed by atoms with van der Waals surface area (Å²) >= 11 is 0. The number of oxime groups is 2. The SMILES string of the molecule is CO/N=C1\CCC2CC1CC/C2=N\OC. The van der Waals surface area contributed by atoms with Gasteiger partial charge in [0, 0.05) is 11.8 Å². The van der Waals surface area contributed by atoms with Crippen molar-refractivity contribution >= 4 is 11.4 Å². The molecule has 0 amide bonds. The maximum Gasteiger partial charge on any atom is 0.106 e. The van der Waals surface area contributed by atoms with Gasteiger partial charge in [0.25, 0.3) is 0 Å². The lowest BCUT2D eigenvalue weighted by Crippen LogP contribution is -2.34. The zero-order valence-corrected chi connectivity index (χ0v) is 9.40. The quantitative estimate of drug-likeness (QED) is 0.656. The zero-order chi connectivity index (χ0) is 10.7. The van der Waals surface area contributed by atoms with Gasteiger partial charge in [-0.25, -0.2) is 0 Å². The van der Waals surface area contributed by atoms with Crippen molar-refractivity contribution in [2.45, 2.75) is 32.1 Å².